The normalized spacial score (nSPS) is 16.4. The van der Waals surface area contributed by atoms with Crippen LogP contribution in [0.2, 0.25) is 0 Å². The zero-order valence-electron chi connectivity index (χ0n) is 13.7. The van der Waals surface area contributed by atoms with E-state index in [-0.39, 0.29) is 24.1 Å². The minimum Gasteiger partial charge on any atom is -0.390 e. The molecule has 2 heterocycles. The van der Waals surface area contributed by atoms with Gasteiger partial charge in [-0.3, -0.25) is 4.79 Å². The van der Waals surface area contributed by atoms with Gasteiger partial charge in [0.2, 0.25) is 5.91 Å². The summed E-state index contributed by atoms with van der Waals surface area (Å²) in [4.78, 5) is 20.3. The summed E-state index contributed by atoms with van der Waals surface area (Å²) in [6, 6.07) is 7.30. The van der Waals surface area contributed by atoms with Gasteiger partial charge in [-0.15, -0.1) is 11.3 Å². The van der Waals surface area contributed by atoms with E-state index in [1.165, 1.54) is 17.0 Å². The van der Waals surface area contributed by atoms with E-state index < -0.39 is 11.6 Å². The molecule has 3 rings (SSSR count). The number of hydrogen-bond donors (Lipinski definition) is 0. The molecule has 0 saturated heterocycles. The van der Waals surface area contributed by atoms with Crippen LogP contribution in [0.4, 0.5) is 8.78 Å². The Hall–Kier alpha value is -2.28. The Bertz CT molecular complexity index is 777. The molecule has 2 aromatic rings. The summed E-state index contributed by atoms with van der Waals surface area (Å²) in [5.41, 5.74) is 1.14. The van der Waals surface area contributed by atoms with Crippen LogP contribution in [-0.2, 0) is 16.2 Å². The van der Waals surface area contributed by atoms with Gasteiger partial charge in [0.1, 0.15) is 17.3 Å². The van der Waals surface area contributed by atoms with E-state index in [9.17, 15) is 13.6 Å². The molecule has 4 nitrogen and oxygen atoms in total. The fraction of sp³-hybridized carbons (Fsp3) is 0.333. The molecule has 0 unspecified atom stereocenters. The van der Waals surface area contributed by atoms with Crippen LogP contribution in [0.3, 0.4) is 0 Å². The van der Waals surface area contributed by atoms with E-state index in [1.807, 2.05) is 17.5 Å². The third-order valence-electron chi connectivity index (χ3n) is 3.99. The average Bonchev–Trinajstić information content (AvgIpc) is 3.27. The van der Waals surface area contributed by atoms with Gasteiger partial charge in [0, 0.05) is 31.0 Å². The van der Waals surface area contributed by atoms with Crippen LogP contribution in [0.5, 0.6) is 0 Å². The molecule has 0 spiro atoms. The molecule has 0 aliphatic carbocycles. The van der Waals surface area contributed by atoms with Crippen molar-refractivity contribution >= 4 is 23.0 Å². The molecule has 1 aromatic carbocycles. The highest BCUT2D eigenvalue weighted by molar-refractivity contribution is 7.12. The van der Waals surface area contributed by atoms with Crippen molar-refractivity contribution in [1.29, 1.82) is 0 Å². The molecule has 0 fully saturated rings. The SMILES string of the molecule is CCC(=O)N(Cc1ccc(F)cc1F)C[C@@H]1CC(c2cccs2)=NO1. The van der Waals surface area contributed by atoms with Crippen molar-refractivity contribution in [2.45, 2.75) is 32.4 Å². The van der Waals surface area contributed by atoms with E-state index in [0.717, 1.165) is 16.7 Å². The molecule has 1 aromatic heterocycles. The number of thiophene rings is 1. The number of nitrogens with zero attached hydrogens (tertiary/aromatic N) is 2. The van der Waals surface area contributed by atoms with E-state index in [1.54, 1.807) is 18.3 Å². The minimum absolute atomic E-state index is 0.0764. The zero-order valence-corrected chi connectivity index (χ0v) is 14.6. The summed E-state index contributed by atoms with van der Waals surface area (Å²) in [6.45, 7) is 2.13. The Morgan fingerprint density at radius 2 is 2.24 bits per heavy atom. The molecule has 1 aliphatic rings. The number of amides is 1. The number of oxime groups is 1. The van der Waals surface area contributed by atoms with Gasteiger partial charge >= 0.3 is 0 Å². The monoisotopic (exact) mass is 364 g/mol. The number of carbonyl (C=O) groups is 1. The summed E-state index contributed by atoms with van der Waals surface area (Å²) in [7, 11) is 0. The molecule has 25 heavy (non-hydrogen) atoms. The van der Waals surface area contributed by atoms with Gasteiger partial charge in [0.15, 0.2) is 6.10 Å². The first-order valence-electron chi connectivity index (χ1n) is 8.05. The van der Waals surface area contributed by atoms with Crippen LogP contribution in [0.25, 0.3) is 0 Å². The molecule has 1 atom stereocenters. The van der Waals surface area contributed by atoms with Crippen LogP contribution in [0, 0.1) is 11.6 Å². The van der Waals surface area contributed by atoms with Crippen molar-refractivity contribution in [3.8, 4) is 0 Å². The highest BCUT2D eigenvalue weighted by Gasteiger charge is 2.27. The maximum Gasteiger partial charge on any atom is 0.222 e. The van der Waals surface area contributed by atoms with E-state index in [2.05, 4.69) is 5.16 Å². The smallest absolute Gasteiger partial charge is 0.222 e. The Kier molecular flexibility index (Phi) is 5.43. The van der Waals surface area contributed by atoms with E-state index in [0.29, 0.717) is 19.4 Å². The highest BCUT2D eigenvalue weighted by atomic mass is 32.1. The number of hydrogen-bond acceptors (Lipinski definition) is 4. The number of rotatable bonds is 6. The highest BCUT2D eigenvalue weighted by Crippen LogP contribution is 2.22. The van der Waals surface area contributed by atoms with Crippen molar-refractivity contribution in [3.63, 3.8) is 0 Å². The van der Waals surface area contributed by atoms with Crippen molar-refractivity contribution in [3.05, 3.63) is 57.8 Å². The molecule has 0 N–H and O–H groups in total. The summed E-state index contributed by atoms with van der Waals surface area (Å²) in [6.07, 6.45) is 0.629. The lowest BCUT2D eigenvalue weighted by molar-refractivity contribution is -0.133. The molecule has 0 radical (unpaired) electrons. The lowest BCUT2D eigenvalue weighted by Crippen LogP contribution is -2.37. The molecule has 7 heteroatoms. The average molecular weight is 364 g/mol. The van der Waals surface area contributed by atoms with Crippen LogP contribution in [-0.4, -0.2) is 29.2 Å². The van der Waals surface area contributed by atoms with Gasteiger partial charge in [0.25, 0.3) is 0 Å². The molecular weight excluding hydrogens is 346 g/mol. The molecule has 0 saturated carbocycles. The summed E-state index contributed by atoms with van der Waals surface area (Å²) < 4.78 is 27.0. The first-order chi connectivity index (χ1) is 12.1. The predicted molar refractivity (Wildman–Crippen MR) is 92.4 cm³/mol. The van der Waals surface area contributed by atoms with Crippen molar-refractivity contribution in [2.75, 3.05) is 6.54 Å². The minimum atomic E-state index is -0.656. The summed E-state index contributed by atoms with van der Waals surface area (Å²) in [5, 5.41) is 6.07. The third kappa shape index (κ3) is 4.22. The number of benzene rings is 1. The second-order valence-corrected chi connectivity index (χ2v) is 6.76. The van der Waals surface area contributed by atoms with Gasteiger partial charge in [0.05, 0.1) is 11.4 Å². The van der Waals surface area contributed by atoms with Crippen LogP contribution in [0.1, 0.15) is 30.2 Å². The fourth-order valence-electron chi connectivity index (χ4n) is 2.69. The van der Waals surface area contributed by atoms with E-state index >= 15 is 0 Å². The van der Waals surface area contributed by atoms with Gasteiger partial charge in [-0.25, -0.2) is 8.78 Å². The Morgan fingerprint density at radius 3 is 2.92 bits per heavy atom. The maximum absolute atomic E-state index is 13.9. The number of carbonyl (C=O) groups excluding carboxylic acids is 1. The molecule has 0 bridgehead atoms. The zero-order chi connectivity index (χ0) is 17.8. The second-order valence-electron chi connectivity index (χ2n) is 5.81. The Balaban J connectivity index is 1.67. The lowest BCUT2D eigenvalue weighted by Gasteiger charge is -2.24. The van der Waals surface area contributed by atoms with Crippen molar-refractivity contribution < 1.29 is 18.4 Å². The van der Waals surface area contributed by atoms with Gasteiger partial charge in [-0.2, -0.15) is 0 Å². The fourth-order valence-corrected chi connectivity index (χ4v) is 3.41. The quantitative estimate of drug-likeness (QED) is 0.779. The van der Waals surface area contributed by atoms with Crippen LogP contribution >= 0.6 is 11.3 Å². The van der Waals surface area contributed by atoms with Crippen molar-refractivity contribution in [2.24, 2.45) is 5.16 Å². The van der Waals surface area contributed by atoms with Gasteiger partial charge < -0.3 is 9.74 Å². The molecular formula is C18H18F2N2O2S. The second kappa shape index (κ2) is 7.74. The number of halogens is 2. The topological polar surface area (TPSA) is 41.9 Å². The van der Waals surface area contributed by atoms with Crippen LogP contribution < -0.4 is 0 Å². The summed E-state index contributed by atoms with van der Waals surface area (Å²) in [5.74, 6) is -1.41. The van der Waals surface area contributed by atoms with Crippen LogP contribution in [0.15, 0.2) is 40.9 Å². The van der Waals surface area contributed by atoms with E-state index in [4.69, 9.17) is 4.84 Å². The largest absolute Gasteiger partial charge is 0.390 e. The van der Waals surface area contributed by atoms with Gasteiger partial charge in [-0.1, -0.05) is 24.2 Å². The Labute approximate surface area is 148 Å². The first kappa shape index (κ1) is 17.5. The maximum atomic E-state index is 13.9. The molecule has 1 aliphatic heterocycles. The molecule has 132 valence electrons. The van der Waals surface area contributed by atoms with Crippen molar-refractivity contribution in [1.82, 2.24) is 4.90 Å². The molecule has 1 amide bonds. The third-order valence-corrected chi connectivity index (χ3v) is 4.91. The first-order valence-corrected chi connectivity index (χ1v) is 8.93. The summed E-state index contributed by atoms with van der Waals surface area (Å²) >= 11 is 1.58. The van der Waals surface area contributed by atoms with Gasteiger partial charge in [-0.05, 0) is 17.5 Å². The predicted octanol–water partition coefficient (Wildman–Crippen LogP) is 3.96. The standard InChI is InChI=1S/C18H18F2N2O2S/c1-2-18(23)22(10-12-5-6-13(19)8-15(12)20)11-14-9-16(21-24-14)17-4-3-7-25-17/h3-8,14H,2,9-11H2,1H3/t14-/m0/s1. The Morgan fingerprint density at radius 1 is 1.40 bits per heavy atom. The lowest BCUT2D eigenvalue weighted by atomic mass is 10.1.